The first-order valence-corrected chi connectivity index (χ1v) is 14.2. The van der Waals surface area contributed by atoms with Crippen molar-refractivity contribution in [2.45, 2.75) is 92.6 Å². The number of halogens is 2. The number of hydrogen-bond acceptors (Lipinski definition) is 9. The van der Waals surface area contributed by atoms with E-state index in [1.807, 2.05) is 20.8 Å². The fourth-order valence-corrected chi connectivity index (χ4v) is 4.39. The maximum atomic E-state index is 13.4. The maximum Gasteiger partial charge on any atom is 0.410 e. The molecule has 2 aromatic carbocycles. The molecule has 2 N–H and O–H groups in total. The van der Waals surface area contributed by atoms with Gasteiger partial charge in [0, 0.05) is 49.8 Å². The number of carbonyl (C=O) groups excluding carboxylic acids is 2. The van der Waals surface area contributed by atoms with E-state index in [9.17, 15) is 28.5 Å². The minimum atomic E-state index is -0.740. The van der Waals surface area contributed by atoms with Gasteiger partial charge in [-0.25, -0.2) is 18.4 Å². The second-order valence-electron chi connectivity index (χ2n) is 12.5. The minimum Gasteiger partial charge on any atom is -0.488 e. The van der Waals surface area contributed by atoms with Crippen molar-refractivity contribution in [3.05, 3.63) is 58.1 Å². The van der Waals surface area contributed by atoms with E-state index in [1.165, 1.54) is 23.1 Å². The van der Waals surface area contributed by atoms with Crippen molar-refractivity contribution in [3.8, 4) is 11.5 Å². The number of non-ortho nitro benzene ring substituents is 1. The van der Waals surface area contributed by atoms with Crippen LogP contribution in [-0.2, 0) is 9.47 Å². The molecule has 2 heterocycles. The summed E-state index contributed by atoms with van der Waals surface area (Å²) in [7, 11) is 0. The summed E-state index contributed by atoms with van der Waals surface area (Å²) < 4.78 is 48.5. The standard InChI is InChI=1S/C15H19FN2O5.C15H21FN2O3.2CH4/c1-15(2,3)23-14(19)17-5-4-12(9-17)22-13-7-10(16)6-11(8-13)18(20)21;1-15(2,3)21-14(19)18-5-4-12(9-18)20-13-7-10(16)6-11(17)8-13;;/h6-8,12H,4-5,9H2,1-3H3;6-8,12H,4-5,9,17H2,1-3H3;2*1H4/t2*12-;;/m11../s1. The Labute approximate surface area is 269 Å². The van der Waals surface area contributed by atoms with Crippen LogP contribution < -0.4 is 15.2 Å². The van der Waals surface area contributed by atoms with Crippen molar-refractivity contribution < 1.29 is 42.2 Å². The fourth-order valence-electron chi connectivity index (χ4n) is 4.39. The topological polar surface area (TPSA) is 147 Å². The number of rotatable bonds is 5. The van der Waals surface area contributed by atoms with Gasteiger partial charge in [0.1, 0.15) is 46.5 Å². The molecule has 2 aliphatic rings. The first-order chi connectivity index (χ1) is 20.4. The van der Waals surface area contributed by atoms with Crippen LogP contribution >= 0.6 is 0 Å². The fraction of sp³-hybridized carbons (Fsp3) is 0.562. The summed E-state index contributed by atoms with van der Waals surface area (Å²) in [5.41, 5.74) is 4.41. The normalized spacial score (nSPS) is 17.5. The van der Waals surface area contributed by atoms with E-state index in [0.29, 0.717) is 50.5 Å². The number of nitrogens with two attached hydrogens (primary N) is 1. The number of likely N-dealkylation sites (tertiary alicyclic amines) is 2. The Kier molecular flexibility index (Phi) is 14.0. The quantitative estimate of drug-likeness (QED) is 0.201. The lowest BCUT2D eigenvalue weighted by atomic mass is 10.2. The molecule has 0 aliphatic carbocycles. The Morgan fingerprint density at radius 2 is 1.20 bits per heavy atom. The van der Waals surface area contributed by atoms with Crippen LogP contribution in [-0.4, -0.2) is 76.5 Å². The van der Waals surface area contributed by atoms with Gasteiger partial charge in [0.25, 0.3) is 5.69 Å². The average Bonchev–Trinajstić information content (AvgIpc) is 3.51. The number of anilines is 1. The van der Waals surface area contributed by atoms with Gasteiger partial charge >= 0.3 is 12.2 Å². The summed E-state index contributed by atoms with van der Waals surface area (Å²) in [4.78, 5) is 37.0. The van der Waals surface area contributed by atoms with E-state index in [1.54, 1.807) is 31.7 Å². The van der Waals surface area contributed by atoms with E-state index in [2.05, 4.69) is 0 Å². The van der Waals surface area contributed by atoms with Crippen LogP contribution in [0.5, 0.6) is 11.5 Å². The van der Waals surface area contributed by atoms with E-state index in [4.69, 9.17) is 24.7 Å². The monoisotopic (exact) mass is 654 g/mol. The molecule has 14 heteroatoms. The predicted molar refractivity (Wildman–Crippen MR) is 171 cm³/mol. The van der Waals surface area contributed by atoms with Gasteiger partial charge in [0.2, 0.25) is 0 Å². The Morgan fingerprint density at radius 1 is 0.783 bits per heavy atom. The number of hydrogen-bond donors (Lipinski definition) is 1. The van der Waals surface area contributed by atoms with Crippen molar-refractivity contribution in [3.63, 3.8) is 0 Å². The minimum absolute atomic E-state index is 0. The summed E-state index contributed by atoms with van der Waals surface area (Å²) in [6.45, 7) is 12.5. The molecular weight excluding hydrogens is 606 g/mol. The molecule has 0 unspecified atom stereocenters. The van der Waals surface area contributed by atoms with E-state index in [0.717, 1.165) is 12.1 Å². The molecule has 0 saturated carbocycles. The SMILES string of the molecule is C.C.CC(C)(C)OC(=O)N1CC[C@@H](Oc2cc(F)cc([N+](=O)[O-])c2)C1.CC(C)(C)OC(=O)N1CC[C@@H](Oc2cc(N)cc(F)c2)C1. The molecule has 0 spiro atoms. The van der Waals surface area contributed by atoms with Crippen LogP contribution in [0.25, 0.3) is 0 Å². The zero-order valence-corrected chi connectivity index (χ0v) is 25.8. The van der Waals surface area contributed by atoms with Crippen LogP contribution in [0.1, 0.15) is 69.2 Å². The molecule has 2 amide bonds. The molecule has 0 aromatic heterocycles. The Balaban J connectivity index is 0.000000442. The number of nitro groups is 1. The molecule has 4 rings (SSSR count). The number of ether oxygens (including phenoxy) is 4. The van der Waals surface area contributed by atoms with Crippen molar-refractivity contribution in [1.82, 2.24) is 9.80 Å². The van der Waals surface area contributed by atoms with Crippen LogP contribution in [0.3, 0.4) is 0 Å². The van der Waals surface area contributed by atoms with Gasteiger partial charge in [-0.1, -0.05) is 14.9 Å². The van der Waals surface area contributed by atoms with Crippen LogP contribution in [0.4, 0.5) is 29.7 Å². The van der Waals surface area contributed by atoms with Crippen molar-refractivity contribution in [2.24, 2.45) is 0 Å². The molecular formula is C32H48F2N4O8. The predicted octanol–water partition coefficient (Wildman–Crippen LogP) is 7.19. The zero-order valence-electron chi connectivity index (χ0n) is 25.8. The summed E-state index contributed by atoms with van der Waals surface area (Å²) >= 11 is 0. The lowest BCUT2D eigenvalue weighted by Crippen LogP contribution is -2.36. The maximum absolute atomic E-state index is 13.4. The number of nitro benzene ring substituents is 1. The van der Waals surface area contributed by atoms with Gasteiger partial charge < -0.3 is 34.5 Å². The van der Waals surface area contributed by atoms with Gasteiger partial charge in [-0.3, -0.25) is 10.1 Å². The average molecular weight is 655 g/mol. The number of amides is 2. The van der Waals surface area contributed by atoms with Crippen molar-refractivity contribution >= 4 is 23.6 Å². The summed E-state index contributed by atoms with van der Waals surface area (Å²) in [5.74, 6) is -0.723. The van der Waals surface area contributed by atoms with Crippen LogP contribution in [0, 0.1) is 21.7 Å². The summed E-state index contributed by atoms with van der Waals surface area (Å²) in [6.07, 6.45) is -0.108. The second kappa shape index (κ2) is 16.3. The van der Waals surface area contributed by atoms with Crippen molar-refractivity contribution in [1.29, 1.82) is 0 Å². The van der Waals surface area contributed by atoms with Crippen LogP contribution in [0.15, 0.2) is 36.4 Å². The zero-order chi connectivity index (χ0) is 32.8. The molecule has 12 nitrogen and oxygen atoms in total. The Morgan fingerprint density at radius 3 is 1.59 bits per heavy atom. The third-order valence-corrected chi connectivity index (χ3v) is 6.16. The number of nitrogen functional groups attached to an aromatic ring is 1. The van der Waals surface area contributed by atoms with Gasteiger partial charge in [0.05, 0.1) is 30.1 Å². The highest BCUT2D eigenvalue weighted by atomic mass is 19.1. The lowest BCUT2D eigenvalue weighted by molar-refractivity contribution is -0.385. The highest BCUT2D eigenvalue weighted by Crippen LogP contribution is 2.26. The first kappa shape index (κ1) is 39.7. The van der Waals surface area contributed by atoms with E-state index < -0.39 is 33.9 Å². The first-order valence-electron chi connectivity index (χ1n) is 14.2. The highest BCUT2D eigenvalue weighted by molar-refractivity contribution is 5.69. The molecule has 2 atom stereocenters. The van der Waals surface area contributed by atoms with Gasteiger partial charge in [-0.05, 0) is 47.6 Å². The molecule has 0 bridgehead atoms. The van der Waals surface area contributed by atoms with Gasteiger partial charge in [-0.15, -0.1) is 0 Å². The Bertz CT molecular complexity index is 1330. The summed E-state index contributed by atoms with van der Waals surface area (Å²) in [6, 6.07) is 7.16. The lowest BCUT2D eigenvalue weighted by Gasteiger charge is -2.24. The third kappa shape index (κ3) is 12.9. The summed E-state index contributed by atoms with van der Waals surface area (Å²) in [5, 5.41) is 10.7. The van der Waals surface area contributed by atoms with Crippen molar-refractivity contribution in [2.75, 3.05) is 31.9 Å². The molecule has 46 heavy (non-hydrogen) atoms. The van der Waals surface area contributed by atoms with Gasteiger partial charge in [-0.2, -0.15) is 0 Å². The van der Waals surface area contributed by atoms with E-state index >= 15 is 0 Å². The third-order valence-electron chi connectivity index (χ3n) is 6.16. The number of nitrogens with zero attached hydrogens (tertiary/aromatic N) is 3. The van der Waals surface area contributed by atoms with Crippen LogP contribution in [0.2, 0.25) is 0 Å². The molecule has 2 fully saturated rings. The molecule has 258 valence electrons. The highest BCUT2D eigenvalue weighted by Gasteiger charge is 2.32. The van der Waals surface area contributed by atoms with E-state index in [-0.39, 0.29) is 44.6 Å². The van der Waals surface area contributed by atoms with Gasteiger partial charge in [0.15, 0.2) is 0 Å². The molecule has 0 radical (unpaired) electrons. The number of benzene rings is 2. The molecule has 2 aromatic rings. The smallest absolute Gasteiger partial charge is 0.410 e. The molecule has 2 aliphatic heterocycles. The number of carbonyl (C=O) groups is 2. The largest absolute Gasteiger partial charge is 0.488 e. The second-order valence-corrected chi connectivity index (χ2v) is 12.5. The molecule has 2 saturated heterocycles. The Hall–Kier alpha value is -4.36.